The van der Waals surface area contributed by atoms with Crippen LogP contribution in [-0.4, -0.2) is 0 Å². The molecule has 0 unspecified atom stereocenters. The fourth-order valence-electron chi connectivity index (χ4n) is 0.584. The van der Waals surface area contributed by atoms with Crippen LogP contribution in [0.5, 0.6) is 0 Å². The van der Waals surface area contributed by atoms with Gasteiger partial charge in [0.15, 0.2) is 0 Å². The highest BCUT2D eigenvalue weighted by molar-refractivity contribution is 5.21. The van der Waals surface area contributed by atoms with Crippen LogP contribution in [0.4, 0.5) is 10.3 Å². The van der Waals surface area contributed by atoms with E-state index in [0.717, 1.165) is 5.56 Å². The average Bonchev–Trinajstić information content (AvgIpc) is 1.80. The van der Waals surface area contributed by atoms with Crippen molar-refractivity contribution < 1.29 is 9.27 Å². The van der Waals surface area contributed by atoms with Crippen LogP contribution in [0.2, 0.25) is 0 Å². The molecule has 1 rings (SSSR count). The highest BCUT2D eigenvalue weighted by Crippen LogP contribution is 1.95. The van der Waals surface area contributed by atoms with E-state index >= 15 is 0 Å². The van der Waals surface area contributed by atoms with E-state index in [9.17, 15) is 4.48 Å². The van der Waals surface area contributed by atoms with Gasteiger partial charge in [-0.2, -0.15) is 0 Å². The first-order chi connectivity index (χ1) is 4.20. The largest absolute Gasteiger partial charge is 0.308 e. The van der Waals surface area contributed by atoms with Crippen molar-refractivity contribution in [1.82, 2.24) is 0 Å². The number of nitrogens with zero attached hydrogens (tertiary/aromatic N) is 1. The first-order valence-electron chi connectivity index (χ1n) is 2.64. The van der Waals surface area contributed by atoms with Crippen molar-refractivity contribution in [2.24, 2.45) is 0 Å². The van der Waals surface area contributed by atoms with Gasteiger partial charge in [0.2, 0.25) is 0 Å². The summed E-state index contributed by atoms with van der Waals surface area (Å²) >= 11 is 0. The molecule has 0 atom stereocenters. The zero-order valence-corrected chi connectivity index (χ0v) is 5.13. The van der Waals surface area contributed by atoms with Gasteiger partial charge in [-0.15, -0.1) is 0 Å². The van der Waals surface area contributed by atoms with Crippen molar-refractivity contribution in [3.63, 3.8) is 0 Å². The SMILES string of the molecule is Cc1ccc(N)[n+](F)c1. The predicted molar refractivity (Wildman–Crippen MR) is 32.3 cm³/mol. The number of aryl methyl sites for hydroxylation is 1. The van der Waals surface area contributed by atoms with Crippen LogP contribution in [-0.2, 0) is 0 Å². The standard InChI is InChI=1S/C6H7FN2/c1-5-2-3-6(8)9(7)4-5/h2-4,8H,1H3/p+1. The van der Waals surface area contributed by atoms with Gasteiger partial charge < -0.3 is 0 Å². The Bertz CT molecular complexity index is 222. The number of nitrogens with two attached hydrogens (primary N) is 1. The third-order valence-electron chi connectivity index (χ3n) is 1.08. The molecule has 1 aromatic rings. The summed E-state index contributed by atoms with van der Waals surface area (Å²) in [6.07, 6.45) is 1.33. The number of hydrogen-bond acceptors (Lipinski definition) is 1. The van der Waals surface area contributed by atoms with Gasteiger partial charge in [-0.1, -0.05) is 0 Å². The molecule has 2 nitrogen and oxygen atoms in total. The van der Waals surface area contributed by atoms with E-state index in [1.165, 1.54) is 12.3 Å². The fourth-order valence-corrected chi connectivity index (χ4v) is 0.584. The van der Waals surface area contributed by atoms with E-state index in [1.54, 1.807) is 13.0 Å². The normalized spacial score (nSPS) is 9.56. The van der Waals surface area contributed by atoms with E-state index in [0.29, 0.717) is 4.79 Å². The number of halogens is 1. The number of anilines is 1. The summed E-state index contributed by atoms with van der Waals surface area (Å²) in [4.78, 5) is 0.398. The van der Waals surface area contributed by atoms with Crippen molar-refractivity contribution in [3.05, 3.63) is 23.9 Å². The Hall–Kier alpha value is -1.12. The molecule has 0 saturated heterocycles. The fraction of sp³-hybridized carbons (Fsp3) is 0.167. The van der Waals surface area contributed by atoms with Gasteiger partial charge in [0.1, 0.15) is 6.20 Å². The van der Waals surface area contributed by atoms with Crippen LogP contribution in [0.3, 0.4) is 0 Å². The molecule has 0 amide bonds. The molecule has 48 valence electrons. The topological polar surface area (TPSA) is 29.9 Å². The quantitative estimate of drug-likeness (QED) is 0.543. The molecule has 0 radical (unpaired) electrons. The predicted octanol–water partition coefficient (Wildman–Crippen LogP) is 0.597. The second kappa shape index (κ2) is 2.01. The Morgan fingerprint density at radius 1 is 1.56 bits per heavy atom. The molecule has 0 aromatic carbocycles. The zero-order chi connectivity index (χ0) is 6.85. The summed E-state index contributed by atoms with van der Waals surface area (Å²) in [6, 6.07) is 3.28. The maximum atomic E-state index is 12.4. The lowest BCUT2D eigenvalue weighted by atomic mass is 10.3. The molecule has 3 heteroatoms. The van der Waals surface area contributed by atoms with Crippen molar-refractivity contribution in [2.45, 2.75) is 6.92 Å². The zero-order valence-electron chi connectivity index (χ0n) is 5.13. The van der Waals surface area contributed by atoms with Gasteiger partial charge in [-0.3, -0.25) is 5.73 Å². The summed E-state index contributed by atoms with van der Waals surface area (Å²) < 4.78 is 12.4. The first-order valence-corrected chi connectivity index (χ1v) is 2.64. The third-order valence-corrected chi connectivity index (χ3v) is 1.08. The molecule has 0 fully saturated rings. The van der Waals surface area contributed by atoms with Crippen LogP contribution >= 0.6 is 0 Å². The highest BCUT2D eigenvalue weighted by Gasteiger charge is 2.00. The molecular weight excluding hydrogens is 119 g/mol. The van der Waals surface area contributed by atoms with Crippen molar-refractivity contribution in [3.8, 4) is 0 Å². The molecule has 0 bridgehead atoms. The minimum absolute atomic E-state index is 0.126. The van der Waals surface area contributed by atoms with Gasteiger partial charge >= 0.3 is 5.82 Å². The molecule has 1 aromatic heterocycles. The Morgan fingerprint density at radius 2 is 2.22 bits per heavy atom. The number of aromatic nitrogens is 1. The number of nitrogen functional groups attached to an aromatic ring is 1. The summed E-state index contributed by atoms with van der Waals surface area (Å²) in [5, 5.41) is 0. The van der Waals surface area contributed by atoms with Crippen molar-refractivity contribution in [2.75, 3.05) is 5.73 Å². The summed E-state index contributed by atoms with van der Waals surface area (Å²) in [5.74, 6) is 0.126. The Kier molecular flexibility index (Phi) is 1.34. The van der Waals surface area contributed by atoms with Crippen LogP contribution in [0.25, 0.3) is 0 Å². The number of pyridine rings is 1. The van der Waals surface area contributed by atoms with Gasteiger partial charge in [0.25, 0.3) is 0 Å². The maximum absolute atomic E-state index is 12.4. The monoisotopic (exact) mass is 127 g/mol. The molecule has 2 N–H and O–H groups in total. The molecule has 0 saturated carbocycles. The van der Waals surface area contributed by atoms with Gasteiger partial charge in [-0.05, 0) is 23.3 Å². The Morgan fingerprint density at radius 3 is 2.67 bits per heavy atom. The minimum Gasteiger partial charge on any atom is -0.284 e. The van der Waals surface area contributed by atoms with Gasteiger partial charge in [0.05, 0.1) is 0 Å². The number of rotatable bonds is 0. The lowest BCUT2D eigenvalue weighted by Crippen LogP contribution is -2.26. The molecule has 0 aliphatic rings. The molecule has 9 heavy (non-hydrogen) atoms. The molecule has 0 aliphatic heterocycles. The summed E-state index contributed by atoms with van der Waals surface area (Å²) in [7, 11) is 0. The Balaban J connectivity index is 3.17. The minimum atomic E-state index is 0.126. The van der Waals surface area contributed by atoms with E-state index in [2.05, 4.69) is 0 Å². The van der Waals surface area contributed by atoms with Crippen LogP contribution in [0.15, 0.2) is 18.3 Å². The van der Waals surface area contributed by atoms with E-state index in [-0.39, 0.29) is 5.82 Å². The second-order valence-electron chi connectivity index (χ2n) is 1.94. The lowest BCUT2D eigenvalue weighted by Gasteiger charge is -1.89. The molecule has 0 spiro atoms. The summed E-state index contributed by atoms with van der Waals surface area (Å²) in [6.45, 7) is 1.80. The van der Waals surface area contributed by atoms with E-state index < -0.39 is 0 Å². The van der Waals surface area contributed by atoms with E-state index in [1.807, 2.05) is 0 Å². The van der Waals surface area contributed by atoms with Crippen LogP contribution in [0.1, 0.15) is 5.56 Å². The smallest absolute Gasteiger partial charge is 0.284 e. The van der Waals surface area contributed by atoms with Crippen LogP contribution < -0.4 is 10.5 Å². The molecule has 0 aliphatic carbocycles. The van der Waals surface area contributed by atoms with E-state index in [4.69, 9.17) is 5.73 Å². The molecule has 1 heterocycles. The summed E-state index contributed by atoms with van der Waals surface area (Å²) in [5.41, 5.74) is 6.03. The first kappa shape index (κ1) is 6.01. The average molecular weight is 127 g/mol. The highest BCUT2D eigenvalue weighted by atomic mass is 19.2. The number of hydrogen-bond donors (Lipinski definition) is 1. The van der Waals surface area contributed by atoms with Gasteiger partial charge in [0, 0.05) is 10.5 Å². The van der Waals surface area contributed by atoms with Gasteiger partial charge in [-0.25, -0.2) is 0 Å². The van der Waals surface area contributed by atoms with Crippen molar-refractivity contribution >= 4 is 5.82 Å². The van der Waals surface area contributed by atoms with Crippen LogP contribution in [0, 0.1) is 6.92 Å². The van der Waals surface area contributed by atoms with Crippen molar-refractivity contribution in [1.29, 1.82) is 0 Å². The lowest BCUT2D eigenvalue weighted by molar-refractivity contribution is -0.831. The second-order valence-corrected chi connectivity index (χ2v) is 1.94. The maximum Gasteiger partial charge on any atom is 0.308 e. The third kappa shape index (κ3) is 1.16. The Labute approximate surface area is 52.7 Å². The molecular formula is C6H8FN2+.